The third-order valence-corrected chi connectivity index (χ3v) is 9.09. The number of pyridine rings is 1. The number of thioether (sulfide) groups is 1. The summed E-state index contributed by atoms with van der Waals surface area (Å²) in [5, 5.41) is 1.97. The summed E-state index contributed by atoms with van der Waals surface area (Å²) in [5.41, 5.74) is 5.25. The number of carbonyl (C=O) groups excluding carboxylic acids is 2. The summed E-state index contributed by atoms with van der Waals surface area (Å²) in [6.07, 6.45) is 3.33. The predicted molar refractivity (Wildman–Crippen MR) is 146 cm³/mol. The smallest absolute Gasteiger partial charge is 0.261 e. The molecule has 0 saturated heterocycles. The minimum absolute atomic E-state index is 0.228. The summed E-state index contributed by atoms with van der Waals surface area (Å²) in [5.74, 6) is 0.589. The molecule has 37 heavy (non-hydrogen) atoms. The number of ether oxygens (including phenoxy) is 1. The molecular weight excluding hydrogens is 504 g/mol. The Balaban J connectivity index is 1.33. The van der Waals surface area contributed by atoms with Crippen LogP contribution in [0.2, 0.25) is 0 Å². The lowest BCUT2D eigenvalue weighted by Crippen LogP contribution is -2.33. The summed E-state index contributed by atoms with van der Waals surface area (Å²) in [6.45, 7) is 9.59. The second-order valence-electron chi connectivity index (χ2n) is 10.6. The van der Waals surface area contributed by atoms with Crippen LogP contribution in [0.4, 0.5) is 0 Å². The average molecular weight is 533 g/mol. The van der Waals surface area contributed by atoms with E-state index < -0.39 is 0 Å². The van der Waals surface area contributed by atoms with Gasteiger partial charge in [-0.05, 0) is 43.9 Å². The molecule has 0 radical (unpaired) electrons. The molecule has 1 aromatic carbocycles. The van der Waals surface area contributed by atoms with Gasteiger partial charge >= 0.3 is 0 Å². The topological polar surface area (TPSA) is 85.3 Å². The number of rotatable bonds is 6. The first-order chi connectivity index (χ1) is 17.7. The largest absolute Gasteiger partial charge is 0.370 e. The van der Waals surface area contributed by atoms with E-state index in [2.05, 4.69) is 32.7 Å². The van der Waals surface area contributed by atoms with Crippen molar-refractivity contribution in [3.8, 4) is 0 Å². The van der Waals surface area contributed by atoms with Gasteiger partial charge in [0.2, 0.25) is 0 Å². The zero-order chi connectivity index (χ0) is 25.9. The minimum atomic E-state index is -0.248. The van der Waals surface area contributed by atoms with Gasteiger partial charge in [0.25, 0.3) is 11.8 Å². The van der Waals surface area contributed by atoms with E-state index in [1.165, 1.54) is 16.0 Å². The average Bonchev–Trinajstić information content (AvgIpc) is 3.34. The molecule has 0 fully saturated rings. The molecule has 0 bridgehead atoms. The molecule has 4 aromatic rings. The van der Waals surface area contributed by atoms with Gasteiger partial charge in [0.05, 0.1) is 33.6 Å². The molecule has 0 aliphatic carbocycles. The van der Waals surface area contributed by atoms with Crippen LogP contribution >= 0.6 is 23.1 Å². The Morgan fingerprint density at radius 2 is 1.84 bits per heavy atom. The first kappa shape index (κ1) is 24.5. The molecule has 0 spiro atoms. The highest BCUT2D eigenvalue weighted by Gasteiger charge is 2.35. The van der Waals surface area contributed by atoms with Gasteiger partial charge in [0.15, 0.2) is 0 Å². The van der Waals surface area contributed by atoms with Crippen LogP contribution in [-0.4, -0.2) is 49.6 Å². The Bertz CT molecular complexity index is 1540. The third-order valence-electron chi connectivity index (χ3n) is 6.91. The van der Waals surface area contributed by atoms with Crippen molar-refractivity contribution in [3.05, 3.63) is 58.5 Å². The molecule has 3 aromatic heterocycles. The van der Waals surface area contributed by atoms with Gasteiger partial charge in [0, 0.05) is 35.4 Å². The number of fused-ring (bicyclic) bond motifs is 6. The Hall–Kier alpha value is -2.88. The zero-order valence-corrected chi connectivity index (χ0v) is 23.0. The van der Waals surface area contributed by atoms with Gasteiger partial charge in [-0.2, -0.15) is 0 Å². The molecule has 7 nitrogen and oxygen atoms in total. The number of imide groups is 1. The van der Waals surface area contributed by atoms with E-state index in [9.17, 15) is 9.59 Å². The highest BCUT2D eigenvalue weighted by Crippen LogP contribution is 2.43. The Kier molecular flexibility index (Phi) is 6.05. The number of benzene rings is 1. The van der Waals surface area contributed by atoms with Crippen LogP contribution in [0, 0.1) is 5.92 Å². The molecule has 0 N–H and O–H groups in total. The first-order valence-corrected chi connectivity index (χ1v) is 14.3. The van der Waals surface area contributed by atoms with Crippen LogP contribution < -0.4 is 0 Å². The van der Waals surface area contributed by atoms with Gasteiger partial charge in [-0.3, -0.25) is 14.5 Å². The Labute approximate surface area is 223 Å². The van der Waals surface area contributed by atoms with E-state index in [-0.39, 0.29) is 17.4 Å². The molecule has 9 heteroatoms. The molecule has 2 aliphatic heterocycles. The zero-order valence-electron chi connectivity index (χ0n) is 21.3. The molecule has 0 unspecified atom stereocenters. The molecule has 2 aliphatic rings. The maximum absolute atomic E-state index is 12.7. The molecule has 2 amide bonds. The molecule has 0 atom stereocenters. The van der Waals surface area contributed by atoms with Gasteiger partial charge in [-0.25, -0.2) is 15.0 Å². The minimum Gasteiger partial charge on any atom is -0.370 e. The van der Waals surface area contributed by atoms with E-state index in [4.69, 9.17) is 14.7 Å². The van der Waals surface area contributed by atoms with Gasteiger partial charge < -0.3 is 4.74 Å². The van der Waals surface area contributed by atoms with Crippen molar-refractivity contribution in [2.75, 3.05) is 12.3 Å². The van der Waals surface area contributed by atoms with Crippen molar-refractivity contribution in [3.63, 3.8) is 0 Å². The van der Waals surface area contributed by atoms with E-state index in [1.807, 2.05) is 0 Å². The van der Waals surface area contributed by atoms with Crippen molar-refractivity contribution in [2.45, 2.75) is 57.8 Å². The van der Waals surface area contributed by atoms with Crippen LogP contribution in [-0.2, 0) is 24.2 Å². The van der Waals surface area contributed by atoms with Gasteiger partial charge in [0.1, 0.15) is 16.2 Å². The monoisotopic (exact) mass is 532 g/mol. The third kappa shape index (κ3) is 4.23. The number of aromatic nitrogens is 3. The fraction of sp³-hybridized carbons (Fsp3) is 0.393. The molecule has 6 rings (SSSR count). The fourth-order valence-electron chi connectivity index (χ4n) is 5.19. The lowest BCUT2D eigenvalue weighted by atomic mass is 9.88. The molecule has 0 saturated carbocycles. The first-order valence-electron chi connectivity index (χ1n) is 12.5. The van der Waals surface area contributed by atoms with Crippen molar-refractivity contribution in [2.24, 2.45) is 5.92 Å². The maximum Gasteiger partial charge on any atom is 0.261 e. The molecule has 190 valence electrons. The fourth-order valence-corrected chi connectivity index (χ4v) is 7.37. The van der Waals surface area contributed by atoms with Crippen LogP contribution in [0.3, 0.4) is 0 Å². The van der Waals surface area contributed by atoms with E-state index >= 15 is 0 Å². The van der Waals surface area contributed by atoms with Gasteiger partial charge in [-0.15, -0.1) is 23.1 Å². The van der Waals surface area contributed by atoms with Crippen molar-refractivity contribution in [1.29, 1.82) is 0 Å². The number of amides is 2. The summed E-state index contributed by atoms with van der Waals surface area (Å²) in [4.78, 5) is 42.2. The highest BCUT2D eigenvalue weighted by molar-refractivity contribution is 7.99. The molecular formula is C28H28N4O3S2. The number of carbonyl (C=O) groups is 2. The second kappa shape index (κ2) is 9.15. The summed E-state index contributed by atoms with van der Waals surface area (Å²) in [6, 6.07) is 6.99. The number of thiophene rings is 1. The number of nitrogens with zero attached hydrogens (tertiary/aromatic N) is 4. The normalized spacial score (nSPS) is 16.7. The number of hydrogen-bond donors (Lipinski definition) is 0. The SMILES string of the molecule is CC(C)Cc1nc2sc3c(SCCN4C(=O)c5ccccc5C4=O)ncnc3c2c2c1COC(C)(C)C2. The van der Waals surface area contributed by atoms with Crippen LogP contribution in [0.15, 0.2) is 35.6 Å². The number of hydrogen-bond acceptors (Lipinski definition) is 8. The van der Waals surface area contributed by atoms with E-state index in [1.54, 1.807) is 53.7 Å². The van der Waals surface area contributed by atoms with Crippen molar-refractivity contribution >= 4 is 55.3 Å². The van der Waals surface area contributed by atoms with Crippen molar-refractivity contribution < 1.29 is 14.3 Å². The van der Waals surface area contributed by atoms with Gasteiger partial charge in [-0.1, -0.05) is 26.0 Å². The standard InChI is InChI=1S/C28H28N4O3S2/c1-15(2)11-20-19-13-35-28(3,4)12-18(19)21-22-23(37-24(21)31-20)25(30-14-29-22)36-10-9-32-26(33)16-7-5-6-8-17(16)27(32)34/h5-8,14-15H,9-13H2,1-4H3. The summed E-state index contributed by atoms with van der Waals surface area (Å²) in [7, 11) is 0. The predicted octanol–water partition coefficient (Wildman–Crippen LogP) is 5.68. The lowest BCUT2D eigenvalue weighted by molar-refractivity contribution is -0.0402. The maximum atomic E-state index is 12.7. The lowest BCUT2D eigenvalue weighted by Gasteiger charge is -2.33. The van der Waals surface area contributed by atoms with E-state index in [0.717, 1.165) is 44.0 Å². The Morgan fingerprint density at radius 1 is 1.11 bits per heavy atom. The Morgan fingerprint density at radius 3 is 2.54 bits per heavy atom. The highest BCUT2D eigenvalue weighted by atomic mass is 32.2. The summed E-state index contributed by atoms with van der Waals surface area (Å²) >= 11 is 3.18. The van der Waals surface area contributed by atoms with Crippen LogP contribution in [0.5, 0.6) is 0 Å². The van der Waals surface area contributed by atoms with Crippen LogP contribution in [0.1, 0.15) is 65.2 Å². The summed E-state index contributed by atoms with van der Waals surface area (Å²) < 4.78 is 7.19. The quantitative estimate of drug-likeness (QED) is 0.179. The second-order valence-corrected chi connectivity index (χ2v) is 12.7. The van der Waals surface area contributed by atoms with E-state index in [0.29, 0.717) is 35.9 Å². The van der Waals surface area contributed by atoms with Crippen molar-refractivity contribution in [1.82, 2.24) is 19.9 Å². The molecule has 5 heterocycles. The van der Waals surface area contributed by atoms with Crippen LogP contribution in [0.25, 0.3) is 20.4 Å².